The van der Waals surface area contributed by atoms with Gasteiger partial charge in [-0.2, -0.15) is 0 Å². The fourth-order valence-corrected chi connectivity index (χ4v) is 2.31. The molecule has 0 amide bonds. The second-order valence-corrected chi connectivity index (χ2v) is 5.32. The Morgan fingerprint density at radius 1 is 1.50 bits per heavy atom. The molecule has 1 unspecified atom stereocenters. The number of esters is 1. The molecule has 1 aromatic heterocycles. The lowest BCUT2D eigenvalue weighted by molar-refractivity contribution is -0.148. The van der Waals surface area contributed by atoms with Crippen molar-refractivity contribution >= 4 is 5.97 Å². The summed E-state index contributed by atoms with van der Waals surface area (Å²) in [5.41, 5.74) is -0.587. The summed E-state index contributed by atoms with van der Waals surface area (Å²) in [5, 5.41) is 3.06. The normalized spacial score (nSPS) is 14.0. The second kappa shape index (κ2) is 8.04. The lowest BCUT2D eigenvalue weighted by atomic mass is 9.95. The first kappa shape index (κ1) is 16.7. The van der Waals surface area contributed by atoms with Crippen molar-refractivity contribution < 1.29 is 9.53 Å². The van der Waals surface area contributed by atoms with E-state index in [1.54, 1.807) is 7.05 Å². The Morgan fingerprint density at radius 3 is 2.85 bits per heavy atom. The molecule has 0 aliphatic rings. The third-order valence-corrected chi connectivity index (χ3v) is 3.79. The molecule has 0 bridgehead atoms. The summed E-state index contributed by atoms with van der Waals surface area (Å²) >= 11 is 0. The molecule has 0 radical (unpaired) electrons. The van der Waals surface area contributed by atoms with Gasteiger partial charge in [-0.05, 0) is 39.7 Å². The average Bonchev–Trinajstić information content (AvgIpc) is 2.90. The predicted molar refractivity (Wildman–Crippen MR) is 79.6 cm³/mol. The maximum absolute atomic E-state index is 11.7. The zero-order valence-electron chi connectivity index (χ0n) is 13.1. The molecular formula is C15H27N3O2. The highest BCUT2D eigenvalue weighted by atomic mass is 16.5. The Labute approximate surface area is 121 Å². The Balaban J connectivity index is 2.40. The van der Waals surface area contributed by atoms with E-state index in [2.05, 4.69) is 21.8 Å². The van der Waals surface area contributed by atoms with E-state index in [0.717, 1.165) is 44.5 Å². The van der Waals surface area contributed by atoms with Crippen LogP contribution in [0.5, 0.6) is 0 Å². The van der Waals surface area contributed by atoms with Gasteiger partial charge in [0.2, 0.25) is 0 Å². The van der Waals surface area contributed by atoms with E-state index in [1.807, 2.05) is 19.3 Å². The summed E-state index contributed by atoms with van der Waals surface area (Å²) in [5.74, 6) is 0.950. The third kappa shape index (κ3) is 4.34. The number of unbranched alkanes of at least 4 members (excludes halogenated alkanes) is 1. The maximum atomic E-state index is 11.7. The minimum Gasteiger partial charge on any atom is -0.468 e. The van der Waals surface area contributed by atoms with Crippen molar-refractivity contribution in [1.82, 2.24) is 14.9 Å². The van der Waals surface area contributed by atoms with E-state index in [9.17, 15) is 4.79 Å². The van der Waals surface area contributed by atoms with Crippen LogP contribution in [0.25, 0.3) is 0 Å². The fourth-order valence-electron chi connectivity index (χ4n) is 2.31. The molecule has 114 valence electrons. The average molecular weight is 281 g/mol. The zero-order valence-corrected chi connectivity index (χ0v) is 13.1. The summed E-state index contributed by atoms with van der Waals surface area (Å²) in [6.45, 7) is 5.00. The van der Waals surface area contributed by atoms with Crippen LogP contribution >= 0.6 is 0 Å². The Kier molecular flexibility index (Phi) is 6.71. The number of hydrogen-bond acceptors (Lipinski definition) is 4. The fraction of sp³-hybridized carbons (Fsp3) is 0.733. The highest BCUT2D eigenvalue weighted by Gasteiger charge is 2.31. The number of ether oxygens (including phenoxy) is 1. The number of nitrogens with one attached hydrogen (secondary N) is 1. The van der Waals surface area contributed by atoms with Crippen LogP contribution in [0.2, 0.25) is 0 Å². The van der Waals surface area contributed by atoms with Crippen molar-refractivity contribution in [1.29, 1.82) is 0 Å². The Morgan fingerprint density at radius 2 is 2.25 bits per heavy atom. The molecule has 0 fully saturated rings. The van der Waals surface area contributed by atoms with Gasteiger partial charge in [0.15, 0.2) is 0 Å². The quantitative estimate of drug-likeness (QED) is 0.556. The monoisotopic (exact) mass is 281 g/mol. The van der Waals surface area contributed by atoms with Crippen LogP contribution in [-0.4, -0.2) is 35.2 Å². The van der Waals surface area contributed by atoms with Gasteiger partial charge in [0, 0.05) is 25.4 Å². The van der Waals surface area contributed by atoms with E-state index in [1.165, 1.54) is 7.11 Å². The number of carbonyl (C=O) groups excluding carboxylic acids is 1. The van der Waals surface area contributed by atoms with Crippen molar-refractivity contribution in [2.45, 2.75) is 58.0 Å². The van der Waals surface area contributed by atoms with Crippen molar-refractivity contribution in [2.24, 2.45) is 0 Å². The molecule has 1 atom stereocenters. The zero-order chi connectivity index (χ0) is 15.0. The van der Waals surface area contributed by atoms with E-state index in [0.29, 0.717) is 0 Å². The SMILES string of the molecule is CCCc1nccn1CCCCC(C)(NC)C(=O)OC. The predicted octanol–water partition coefficient (Wildman–Crippen LogP) is 2.16. The van der Waals surface area contributed by atoms with Gasteiger partial charge in [0.1, 0.15) is 11.4 Å². The third-order valence-electron chi connectivity index (χ3n) is 3.79. The van der Waals surface area contributed by atoms with Gasteiger partial charge in [0.25, 0.3) is 0 Å². The van der Waals surface area contributed by atoms with Crippen LogP contribution in [0, 0.1) is 0 Å². The van der Waals surface area contributed by atoms with Gasteiger partial charge in [-0.1, -0.05) is 6.92 Å². The van der Waals surface area contributed by atoms with E-state index in [4.69, 9.17) is 4.74 Å². The number of imidazole rings is 1. The van der Waals surface area contributed by atoms with Gasteiger partial charge >= 0.3 is 5.97 Å². The summed E-state index contributed by atoms with van der Waals surface area (Å²) in [6, 6.07) is 0. The molecule has 20 heavy (non-hydrogen) atoms. The minimum atomic E-state index is -0.587. The van der Waals surface area contributed by atoms with Gasteiger partial charge in [-0.15, -0.1) is 0 Å². The molecule has 0 aromatic carbocycles. The summed E-state index contributed by atoms with van der Waals surface area (Å²) in [4.78, 5) is 16.1. The summed E-state index contributed by atoms with van der Waals surface area (Å²) in [7, 11) is 3.23. The Bertz CT molecular complexity index is 417. The number of carbonyl (C=O) groups is 1. The molecule has 1 rings (SSSR count). The van der Waals surface area contributed by atoms with E-state index >= 15 is 0 Å². The molecule has 0 aliphatic heterocycles. The van der Waals surface area contributed by atoms with Crippen LogP contribution in [-0.2, 0) is 22.5 Å². The Hall–Kier alpha value is -1.36. The largest absolute Gasteiger partial charge is 0.468 e. The molecule has 1 aromatic rings. The molecular weight excluding hydrogens is 254 g/mol. The van der Waals surface area contributed by atoms with Crippen LogP contribution in [0.4, 0.5) is 0 Å². The molecule has 0 spiro atoms. The number of likely N-dealkylation sites (N-methyl/N-ethyl adjacent to an activating group) is 1. The number of aromatic nitrogens is 2. The first-order chi connectivity index (χ1) is 9.57. The summed E-state index contributed by atoms with van der Waals surface area (Å²) in [6.07, 6.45) is 8.78. The van der Waals surface area contributed by atoms with Crippen LogP contribution in [0.15, 0.2) is 12.4 Å². The number of rotatable bonds is 9. The van der Waals surface area contributed by atoms with Gasteiger partial charge in [-0.25, -0.2) is 4.98 Å². The highest BCUT2D eigenvalue weighted by molar-refractivity contribution is 5.80. The molecule has 5 heteroatoms. The number of aryl methyl sites for hydroxylation is 2. The smallest absolute Gasteiger partial charge is 0.325 e. The first-order valence-electron chi connectivity index (χ1n) is 7.34. The van der Waals surface area contributed by atoms with Gasteiger partial charge in [0.05, 0.1) is 7.11 Å². The van der Waals surface area contributed by atoms with E-state index < -0.39 is 5.54 Å². The van der Waals surface area contributed by atoms with Crippen molar-refractivity contribution in [3.05, 3.63) is 18.2 Å². The van der Waals surface area contributed by atoms with Crippen LogP contribution in [0.1, 0.15) is 45.4 Å². The van der Waals surface area contributed by atoms with Crippen molar-refractivity contribution in [3.63, 3.8) is 0 Å². The topological polar surface area (TPSA) is 56.2 Å². The second-order valence-electron chi connectivity index (χ2n) is 5.32. The van der Waals surface area contributed by atoms with Crippen molar-refractivity contribution in [2.75, 3.05) is 14.2 Å². The highest BCUT2D eigenvalue weighted by Crippen LogP contribution is 2.16. The van der Waals surface area contributed by atoms with Gasteiger partial charge < -0.3 is 14.6 Å². The molecule has 1 N–H and O–H groups in total. The van der Waals surface area contributed by atoms with Crippen molar-refractivity contribution in [3.8, 4) is 0 Å². The molecule has 5 nitrogen and oxygen atoms in total. The van der Waals surface area contributed by atoms with E-state index in [-0.39, 0.29) is 5.97 Å². The maximum Gasteiger partial charge on any atom is 0.325 e. The molecule has 0 aliphatic carbocycles. The van der Waals surface area contributed by atoms with Gasteiger partial charge in [-0.3, -0.25) is 4.79 Å². The lowest BCUT2D eigenvalue weighted by Crippen LogP contribution is -2.48. The lowest BCUT2D eigenvalue weighted by Gasteiger charge is -2.26. The van der Waals surface area contributed by atoms with Crippen LogP contribution < -0.4 is 5.32 Å². The number of nitrogens with zero attached hydrogens (tertiary/aromatic N) is 2. The standard InChI is InChI=1S/C15H27N3O2/c1-5-8-13-17-10-12-18(13)11-7-6-9-15(2,16-3)14(19)20-4/h10,12,16H,5-9,11H2,1-4H3. The number of methoxy groups -OCH3 is 1. The number of hydrogen-bond donors (Lipinski definition) is 1. The first-order valence-corrected chi connectivity index (χ1v) is 7.34. The molecule has 0 saturated heterocycles. The minimum absolute atomic E-state index is 0.200. The van der Waals surface area contributed by atoms with Crippen LogP contribution in [0.3, 0.4) is 0 Å². The summed E-state index contributed by atoms with van der Waals surface area (Å²) < 4.78 is 7.05. The molecule has 0 saturated carbocycles. The molecule has 1 heterocycles.